The molecule has 1 aromatic heterocycles. The summed E-state index contributed by atoms with van der Waals surface area (Å²) in [5.74, 6) is -2.55. The molecule has 1 aliphatic heterocycles. The van der Waals surface area contributed by atoms with E-state index in [9.17, 15) is 27.9 Å². The van der Waals surface area contributed by atoms with Gasteiger partial charge in [-0.1, -0.05) is 12.1 Å². The van der Waals surface area contributed by atoms with Crippen molar-refractivity contribution < 1.29 is 37.3 Å². The number of urea groups is 1. The fourth-order valence-corrected chi connectivity index (χ4v) is 3.94. The van der Waals surface area contributed by atoms with Crippen molar-refractivity contribution in [2.75, 3.05) is 14.2 Å². The molecule has 0 bridgehead atoms. The van der Waals surface area contributed by atoms with Gasteiger partial charge < -0.3 is 25.2 Å². The van der Waals surface area contributed by atoms with E-state index in [2.05, 4.69) is 5.32 Å². The summed E-state index contributed by atoms with van der Waals surface area (Å²) < 4.78 is 51.7. The number of benzene rings is 1. The molecule has 2 heterocycles. The average molecular weight is 430 g/mol. The zero-order valence-corrected chi connectivity index (χ0v) is 16.1. The van der Waals surface area contributed by atoms with Gasteiger partial charge >= 0.3 is 12.2 Å². The molecule has 2 amide bonds. The summed E-state index contributed by atoms with van der Waals surface area (Å²) in [5, 5.41) is 15.8. The van der Waals surface area contributed by atoms with Crippen LogP contribution >= 0.6 is 11.3 Å². The lowest BCUT2D eigenvalue weighted by Crippen LogP contribution is -2.72. The van der Waals surface area contributed by atoms with Crippen molar-refractivity contribution in [1.82, 2.24) is 10.6 Å². The number of methoxy groups -OCH3 is 2. The fraction of sp³-hybridized carbons (Fsp3) is 0.333. The van der Waals surface area contributed by atoms with Gasteiger partial charge in [0, 0.05) is 0 Å². The van der Waals surface area contributed by atoms with Crippen LogP contribution in [0, 0.1) is 5.92 Å². The number of amides is 2. The van der Waals surface area contributed by atoms with Gasteiger partial charge in [-0.05, 0) is 29.1 Å². The molecule has 0 saturated carbocycles. The Bertz CT molecular complexity index is 919. The van der Waals surface area contributed by atoms with E-state index in [1.54, 1.807) is 0 Å². The number of ketones is 1. The first-order valence-electron chi connectivity index (χ1n) is 8.29. The van der Waals surface area contributed by atoms with Crippen molar-refractivity contribution >= 4 is 23.2 Å². The highest BCUT2D eigenvalue weighted by molar-refractivity contribution is 7.12. The Balaban J connectivity index is 2.17. The van der Waals surface area contributed by atoms with Gasteiger partial charge in [0.1, 0.15) is 5.92 Å². The van der Waals surface area contributed by atoms with E-state index in [0.717, 1.165) is 11.3 Å². The summed E-state index contributed by atoms with van der Waals surface area (Å²) in [6.07, 6.45) is -5.31. The normalized spacial score (nSPS) is 24.4. The number of hydrogen-bond donors (Lipinski definition) is 3. The second-order valence-electron chi connectivity index (χ2n) is 6.27. The predicted octanol–water partition coefficient (Wildman–Crippen LogP) is 2.87. The van der Waals surface area contributed by atoms with Crippen LogP contribution in [0.15, 0.2) is 35.7 Å². The molecule has 3 atom stereocenters. The van der Waals surface area contributed by atoms with Crippen LogP contribution in [0.1, 0.15) is 21.3 Å². The SMILES string of the molecule is COc1ccc([C@@H]2NC(=O)N[C@](O)(C(F)(F)F)[C@@H]2C(=O)c2cccs2)cc1OC. The second-order valence-corrected chi connectivity index (χ2v) is 7.22. The lowest BCUT2D eigenvalue weighted by atomic mass is 9.78. The average Bonchev–Trinajstić information content (AvgIpc) is 3.20. The number of ether oxygens (including phenoxy) is 2. The van der Waals surface area contributed by atoms with Gasteiger partial charge in [-0.2, -0.15) is 13.2 Å². The van der Waals surface area contributed by atoms with E-state index in [1.807, 2.05) is 0 Å². The molecule has 7 nitrogen and oxygen atoms in total. The van der Waals surface area contributed by atoms with E-state index in [4.69, 9.17) is 9.47 Å². The Morgan fingerprint density at radius 1 is 1.21 bits per heavy atom. The van der Waals surface area contributed by atoms with Crippen molar-refractivity contribution in [3.05, 3.63) is 46.2 Å². The minimum Gasteiger partial charge on any atom is -0.493 e. The first-order chi connectivity index (χ1) is 13.6. The smallest absolute Gasteiger partial charge is 0.437 e. The highest BCUT2D eigenvalue weighted by atomic mass is 32.1. The third-order valence-corrected chi connectivity index (χ3v) is 5.50. The monoisotopic (exact) mass is 430 g/mol. The molecule has 3 N–H and O–H groups in total. The number of hydrogen-bond acceptors (Lipinski definition) is 6. The van der Waals surface area contributed by atoms with Crippen LogP contribution in [0.3, 0.4) is 0 Å². The van der Waals surface area contributed by atoms with Gasteiger partial charge in [-0.25, -0.2) is 4.79 Å². The Hall–Kier alpha value is -2.79. The lowest BCUT2D eigenvalue weighted by molar-refractivity contribution is -0.287. The molecule has 1 saturated heterocycles. The maximum absolute atomic E-state index is 13.8. The summed E-state index contributed by atoms with van der Waals surface area (Å²) in [6, 6.07) is 4.28. The molecule has 29 heavy (non-hydrogen) atoms. The zero-order valence-electron chi connectivity index (χ0n) is 15.2. The van der Waals surface area contributed by atoms with E-state index >= 15 is 0 Å². The molecule has 2 aromatic rings. The molecule has 0 spiro atoms. The van der Waals surface area contributed by atoms with Gasteiger partial charge in [0.25, 0.3) is 0 Å². The van der Waals surface area contributed by atoms with Gasteiger partial charge in [-0.15, -0.1) is 11.3 Å². The van der Waals surface area contributed by atoms with Crippen molar-refractivity contribution in [2.24, 2.45) is 5.92 Å². The van der Waals surface area contributed by atoms with E-state index in [1.165, 1.54) is 55.2 Å². The standard InChI is InChI=1S/C18H17F3N2O5S/c1-27-10-6-5-9(8-11(10)28-2)14-13(15(24)12-4-3-7-29-12)17(26,18(19,20)21)23-16(25)22-14/h3-8,13-14,26H,1-2H3,(H2,22,23,25)/t13-,14-,17+/m0/s1. The second kappa shape index (κ2) is 7.56. The molecule has 11 heteroatoms. The summed E-state index contributed by atoms with van der Waals surface area (Å²) in [6.45, 7) is 0. The molecule has 1 aromatic carbocycles. The van der Waals surface area contributed by atoms with Crippen LogP contribution in [-0.4, -0.2) is 43.0 Å². The number of alkyl halides is 3. The molecule has 0 aliphatic carbocycles. The maximum atomic E-state index is 13.8. The Morgan fingerprint density at radius 3 is 2.45 bits per heavy atom. The molecular weight excluding hydrogens is 413 g/mol. The first kappa shape index (κ1) is 20.9. The molecule has 1 fully saturated rings. The maximum Gasteiger partial charge on any atom is 0.437 e. The van der Waals surface area contributed by atoms with Crippen molar-refractivity contribution in [2.45, 2.75) is 17.9 Å². The zero-order chi connectivity index (χ0) is 21.4. The molecule has 156 valence electrons. The van der Waals surface area contributed by atoms with Gasteiger partial charge in [-0.3, -0.25) is 4.79 Å². The van der Waals surface area contributed by atoms with E-state index in [0.29, 0.717) is 5.75 Å². The number of carbonyl (C=O) groups excluding carboxylic acids is 2. The van der Waals surface area contributed by atoms with Crippen LogP contribution in [0.2, 0.25) is 0 Å². The van der Waals surface area contributed by atoms with Crippen molar-refractivity contribution in [3.63, 3.8) is 0 Å². The summed E-state index contributed by atoms with van der Waals surface area (Å²) in [5.41, 5.74) is -3.64. The van der Waals surface area contributed by atoms with Crippen LogP contribution in [0.5, 0.6) is 11.5 Å². The van der Waals surface area contributed by atoms with Gasteiger partial charge in [0.05, 0.1) is 25.1 Å². The van der Waals surface area contributed by atoms with E-state index < -0.39 is 35.7 Å². The van der Waals surface area contributed by atoms with E-state index in [-0.39, 0.29) is 16.2 Å². The van der Waals surface area contributed by atoms with Crippen molar-refractivity contribution in [3.8, 4) is 11.5 Å². The largest absolute Gasteiger partial charge is 0.493 e. The number of carbonyl (C=O) groups is 2. The van der Waals surface area contributed by atoms with Gasteiger partial charge in [0.2, 0.25) is 5.72 Å². The Morgan fingerprint density at radius 2 is 1.90 bits per heavy atom. The Labute approximate surface area is 167 Å². The summed E-state index contributed by atoms with van der Waals surface area (Å²) in [4.78, 5) is 25.0. The number of nitrogens with one attached hydrogen (secondary N) is 2. The predicted molar refractivity (Wildman–Crippen MR) is 97.1 cm³/mol. The minimum atomic E-state index is -5.31. The van der Waals surface area contributed by atoms with Crippen LogP contribution in [-0.2, 0) is 0 Å². The first-order valence-corrected chi connectivity index (χ1v) is 9.17. The van der Waals surface area contributed by atoms with Crippen molar-refractivity contribution in [1.29, 1.82) is 0 Å². The fourth-order valence-electron chi connectivity index (χ4n) is 3.24. The molecular formula is C18H17F3N2O5S. The molecule has 1 aliphatic rings. The number of Topliss-reactive ketones (excluding diaryl/α,β-unsaturated/α-hetero) is 1. The highest BCUT2D eigenvalue weighted by Gasteiger charge is 2.66. The third kappa shape index (κ3) is 3.62. The Kier molecular flexibility index (Phi) is 5.46. The molecule has 0 unspecified atom stereocenters. The number of aliphatic hydroxyl groups is 1. The quantitative estimate of drug-likeness (QED) is 0.634. The van der Waals surface area contributed by atoms with Crippen LogP contribution in [0.25, 0.3) is 0 Å². The van der Waals surface area contributed by atoms with Crippen LogP contribution < -0.4 is 20.1 Å². The number of rotatable bonds is 5. The molecule has 3 rings (SSSR count). The number of halogens is 3. The summed E-state index contributed by atoms with van der Waals surface area (Å²) in [7, 11) is 2.72. The minimum absolute atomic E-state index is 0.0149. The number of thiophene rings is 1. The lowest BCUT2D eigenvalue weighted by Gasteiger charge is -2.44. The topological polar surface area (TPSA) is 96.9 Å². The van der Waals surface area contributed by atoms with Gasteiger partial charge in [0.15, 0.2) is 17.3 Å². The molecule has 0 radical (unpaired) electrons. The van der Waals surface area contributed by atoms with Crippen LogP contribution in [0.4, 0.5) is 18.0 Å². The third-order valence-electron chi connectivity index (χ3n) is 4.62. The highest BCUT2D eigenvalue weighted by Crippen LogP contribution is 2.45. The summed E-state index contributed by atoms with van der Waals surface area (Å²) >= 11 is 0.935.